The number of ether oxygens (including phenoxy) is 2. The number of hydrogen-bond donors (Lipinski definition) is 2. The molecule has 1 aromatic carbocycles. The summed E-state index contributed by atoms with van der Waals surface area (Å²) in [6.07, 6.45) is 4.58. The second kappa shape index (κ2) is 12.5. The molecule has 0 heterocycles. The van der Waals surface area contributed by atoms with Crippen LogP contribution in [0.1, 0.15) is 26.3 Å². The van der Waals surface area contributed by atoms with Crippen LogP contribution in [-0.2, 0) is 10.2 Å². The van der Waals surface area contributed by atoms with Crippen LogP contribution in [0.2, 0.25) is 0 Å². The van der Waals surface area contributed by atoms with Crippen molar-refractivity contribution >= 4 is 31.9 Å². The van der Waals surface area contributed by atoms with Crippen molar-refractivity contribution in [2.45, 2.75) is 38.4 Å². The van der Waals surface area contributed by atoms with Gasteiger partial charge in [0.05, 0.1) is 12.2 Å². The van der Waals surface area contributed by atoms with Gasteiger partial charge in [0.25, 0.3) is 0 Å². The van der Waals surface area contributed by atoms with Crippen LogP contribution in [0.15, 0.2) is 60.4 Å². The lowest BCUT2D eigenvalue weighted by atomic mass is 9.78. The Balaban J connectivity index is 2.75. The zero-order chi connectivity index (χ0) is 21.2. The molecular formula is C22H30Br2O4. The van der Waals surface area contributed by atoms with Gasteiger partial charge in [0.15, 0.2) is 0 Å². The smallest absolute Gasteiger partial charge is 0.119 e. The summed E-state index contributed by atoms with van der Waals surface area (Å²) in [5.74, 6) is 1.40. The van der Waals surface area contributed by atoms with E-state index in [1.165, 1.54) is 0 Å². The van der Waals surface area contributed by atoms with Gasteiger partial charge in [0.1, 0.15) is 24.7 Å². The van der Waals surface area contributed by atoms with Gasteiger partial charge >= 0.3 is 0 Å². The Labute approximate surface area is 185 Å². The highest BCUT2D eigenvalue weighted by Crippen LogP contribution is 2.32. The first-order valence-electron chi connectivity index (χ1n) is 9.12. The molecule has 28 heavy (non-hydrogen) atoms. The third kappa shape index (κ3) is 8.11. The van der Waals surface area contributed by atoms with E-state index in [-0.39, 0.29) is 18.6 Å². The number of allylic oxidation sites excluding steroid dienone is 4. The lowest BCUT2D eigenvalue weighted by molar-refractivity contribution is 0.0919. The second-order valence-electron chi connectivity index (χ2n) is 6.94. The number of alkyl halides is 2. The molecular weight excluding hydrogens is 488 g/mol. The molecule has 0 amide bonds. The number of rotatable bonds is 12. The molecule has 2 unspecified atom stereocenters. The summed E-state index contributed by atoms with van der Waals surface area (Å²) in [4.78, 5) is 0. The van der Waals surface area contributed by atoms with Gasteiger partial charge in [-0.3, -0.25) is 0 Å². The van der Waals surface area contributed by atoms with E-state index in [9.17, 15) is 10.2 Å². The summed E-state index contributed by atoms with van der Waals surface area (Å²) < 4.78 is 11.2. The molecule has 0 radical (unpaired) electrons. The summed E-state index contributed by atoms with van der Waals surface area (Å²) in [5.41, 5.74) is 1.76. The van der Waals surface area contributed by atoms with Crippen molar-refractivity contribution in [3.05, 3.63) is 66.0 Å². The van der Waals surface area contributed by atoms with Crippen molar-refractivity contribution in [3.63, 3.8) is 0 Å². The number of aliphatic hydroxyl groups is 2. The zero-order valence-corrected chi connectivity index (χ0v) is 19.9. The van der Waals surface area contributed by atoms with E-state index in [0.717, 1.165) is 16.9 Å². The van der Waals surface area contributed by atoms with Crippen LogP contribution in [0, 0.1) is 0 Å². The highest BCUT2D eigenvalue weighted by atomic mass is 79.9. The topological polar surface area (TPSA) is 58.9 Å². The molecule has 0 saturated carbocycles. The van der Waals surface area contributed by atoms with Crippen LogP contribution >= 0.6 is 31.9 Å². The molecule has 4 nitrogen and oxygen atoms in total. The highest BCUT2D eigenvalue weighted by Gasteiger charge is 2.22. The molecule has 0 bridgehead atoms. The van der Waals surface area contributed by atoms with E-state index < -0.39 is 12.2 Å². The van der Waals surface area contributed by atoms with Crippen LogP contribution in [0.4, 0.5) is 0 Å². The number of hydrogen-bond acceptors (Lipinski definition) is 4. The van der Waals surface area contributed by atoms with Crippen LogP contribution in [0.5, 0.6) is 5.75 Å². The third-order valence-corrected chi connectivity index (χ3v) is 5.85. The number of benzene rings is 1. The van der Waals surface area contributed by atoms with E-state index in [0.29, 0.717) is 16.4 Å². The third-order valence-electron chi connectivity index (χ3n) is 4.35. The molecule has 0 aromatic heterocycles. The Morgan fingerprint density at radius 3 is 2.18 bits per heavy atom. The Bertz CT molecular complexity index is 666. The van der Waals surface area contributed by atoms with Crippen molar-refractivity contribution in [1.29, 1.82) is 0 Å². The molecule has 156 valence electrons. The van der Waals surface area contributed by atoms with Gasteiger partial charge in [-0.2, -0.15) is 0 Å². The highest BCUT2D eigenvalue weighted by molar-refractivity contribution is 9.09. The SMILES string of the molecule is C=C(/C=C\C(=C/C)OCC(O)CBr)C(C)(C)c1ccc(OCC(O)CBr)cc1. The Morgan fingerprint density at radius 1 is 1.07 bits per heavy atom. The minimum Gasteiger partial charge on any atom is -0.491 e. The molecule has 2 N–H and O–H groups in total. The average molecular weight is 518 g/mol. The van der Waals surface area contributed by atoms with Gasteiger partial charge in [-0.1, -0.05) is 70.5 Å². The summed E-state index contributed by atoms with van der Waals surface area (Å²) >= 11 is 6.44. The van der Waals surface area contributed by atoms with Crippen molar-refractivity contribution in [1.82, 2.24) is 0 Å². The molecule has 0 aliphatic carbocycles. The normalized spacial score (nSPS) is 14.8. The van der Waals surface area contributed by atoms with Crippen LogP contribution < -0.4 is 4.74 Å². The van der Waals surface area contributed by atoms with Crippen molar-refractivity contribution in [2.24, 2.45) is 0 Å². The minimum atomic E-state index is -0.542. The van der Waals surface area contributed by atoms with Gasteiger partial charge in [-0.25, -0.2) is 0 Å². The molecule has 0 saturated heterocycles. The first kappa shape index (κ1) is 25.0. The average Bonchev–Trinajstić information content (AvgIpc) is 2.71. The van der Waals surface area contributed by atoms with Gasteiger partial charge < -0.3 is 19.7 Å². The lowest BCUT2D eigenvalue weighted by Crippen LogP contribution is -2.20. The molecule has 0 aliphatic heterocycles. The van der Waals surface area contributed by atoms with Crippen molar-refractivity contribution in [3.8, 4) is 5.75 Å². The Kier molecular flexibility index (Phi) is 11.1. The molecule has 1 rings (SSSR count). The lowest BCUT2D eigenvalue weighted by Gasteiger charge is -2.26. The molecule has 0 spiro atoms. The monoisotopic (exact) mass is 516 g/mol. The fourth-order valence-corrected chi connectivity index (χ4v) is 2.62. The summed E-state index contributed by atoms with van der Waals surface area (Å²) in [6, 6.07) is 7.82. The largest absolute Gasteiger partial charge is 0.491 e. The van der Waals surface area contributed by atoms with E-state index in [2.05, 4.69) is 52.3 Å². The standard InChI is InChI=1S/C22H30Br2O4/c1-5-20(27-14-18(25)12-23)9-6-16(2)22(3,4)17-7-10-21(11-8-17)28-15-19(26)13-24/h5-11,18-19,25-26H,2,12-15H2,1,3-4H3/b9-6-,20-5+. The summed E-state index contributed by atoms with van der Waals surface area (Å²) in [6.45, 7) is 10.8. The second-order valence-corrected chi connectivity index (χ2v) is 8.23. The number of halogens is 2. The maximum Gasteiger partial charge on any atom is 0.119 e. The van der Waals surface area contributed by atoms with Crippen molar-refractivity contribution in [2.75, 3.05) is 23.9 Å². The zero-order valence-electron chi connectivity index (χ0n) is 16.7. The van der Waals surface area contributed by atoms with Crippen LogP contribution in [0.25, 0.3) is 0 Å². The fraction of sp³-hybridized carbons (Fsp3) is 0.455. The molecule has 6 heteroatoms. The van der Waals surface area contributed by atoms with E-state index >= 15 is 0 Å². The molecule has 2 atom stereocenters. The van der Waals surface area contributed by atoms with E-state index in [4.69, 9.17) is 9.47 Å². The van der Waals surface area contributed by atoms with Crippen LogP contribution in [0.3, 0.4) is 0 Å². The minimum absolute atomic E-state index is 0.233. The van der Waals surface area contributed by atoms with Gasteiger partial charge in [0.2, 0.25) is 0 Å². The molecule has 0 aliphatic rings. The molecule has 0 fully saturated rings. The predicted molar refractivity (Wildman–Crippen MR) is 123 cm³/mol. The van der Waals surface area contributed by atoms with Crippen LogP contribution in [-0.4, -0.2) is 46.3 Å². The van der Waals surface area contributed by atoms with E-state index in [1.54, 1.807) is 0 Å². The summed E-state index contributed by atoms with van der Waals surface area (Å²) in [7, 11) is 0. The quantitative estimate of drug-likeness (QED) is 0.235. The van der Waals surface area contributed by atoms with Crippen molar-refractivity contribution < 1.29 is 19.7 Å². The van der Waals surface area contributed by atoms with Gasteiger partial charge in [-0.15, -0.1) is 0 Å². The number of aliphatic hydroxyl groups excluding tert-OH is 2. The van der Waals surface area contributed by atoms with Gasteiger partial charge in [-0.05, 0) is 42.3 Å². The predicted octanol–water partition coefficient (Wildman–Crippen LogP) is 4.89. The fourth-order valence-electron chi connectivity index (χ4n) is 2.25. The van der Waals surface area contributed by atoms with E-state index in [1.807, 2.05) is 49.4 Å². The maximum atomic E-state index is 9.60. The maximum absolute atomic E-state index is 9.60. The Hall–Kier alpha value is -1.08. The summed E-state index contributed by atoms with van der Waals surface area (Å²) in [5, 5.41) is 20.1. The first-order chi connectivity index (χ1) is 13.2. The molecule has 1 aromatic rings. The van der Waals surface area contributed by atoms with Gasteiger partial charge in [0, 0.05) is 16.1 Å². The first-order valence-corrected chi connectivity index (χ1v) is 11.4. The Morgan fingerprint density at radius 2 is 1.64 bits per heavy atom.